The standard InChI is InChI=1S/C22H29FN2O2/c1-26-20-9-7-17(8-10-20)5-2-3-11-24-13-14-27-21-16-19(23)15-18-6-4-12-25-22(18)21/h7-10,15-16,24-25H,2-6,11-14H2,1H3. The molecule has 1 aliphatic rings. The number of anilines is 1. The second-order valence-corrected chi connectivity index (χ2v) is 6.87. The maximum Gasteiger partial charge on any atom is 0.145 e. The lowest BCUT2D eigenvalue weighted by molar-refractivity contribution is 0.313. The lowest BCUT2D eigenvalue weighted by Crippen LogP contribution is -2.23. The summed E-state index contributed by atoms with van der Waals surface area (Å²) in [5.41, 5.74) is 3.31. The third kappa shape index (κ3) is 5.86. The van der Waals surface area contributed by atoms with Gasteiger partial charge in [-0.05, 0) is 68.0 Å². The molecule has 0 saturated carbocycles. The average Bonchev–Trinajstić information content (AvgIpc) is 2.70. The summed E-state index contributed by atoms with van der Waals surface area (Å²) in [6.07, 6.45) is 5.27. The van der Waals surface area contributed by atoms with Gasteiger partial charge in [0.1, 0.15) is 23.9 Å². The fourth-order valence-electron chi connectivity index (χ4n) is 3.37. The minimum Gasteiger partial charge on any atom is -0.497 e. The normalized spacial score (nSPS) is 13.0. The van der Waals surface area contributed by atoms with Gasteiger partial charge in [-0.1, -0.05) is 12.1 Å². The highest BCUT2D eigenvalue weighted by Crippen LogP contribution is 2.33. The number of fused-ring (bicyclic) bond motifs is 1. The second kappa shape index (κ2) is 10.2. The monoisotopic (exact) mass is 372 g/mol. The lowest BCUT2D eigenvalue weighted by atomic mass is 10.0. The molecule has 0 radical (unpaired) electrons. The molecule has 0 unspecified atom stereocenters. The molecule has 1 aliphatic heterocycles. The van der Waals surface area contributed by atoms with Gasteiger partial charge in [-0.2, -0.15) is 0 Å². The molecule has 2 aromatic carbocycles. The van der Waals surface area contributed by atoms with E-state index < -0.39 is 0 Å². The molecular weight excluding hydrogens is 343 g/mol. The molecule has 3 rings (SSSR count). The molecule has 0 saturated heterocycles. The Morgan fingerprint density at radius 1 is 1.11 bits per heavy atom. The van der Waals surface area contributed by atoms with E-state index in [2.05, 4.69) is 22.8 Å². The summed E-state index contributed by atoms with van der Waals surface area (Å²) in [4.78, 5) is 0. The first-order chi connectivity index (χ1) is 13.3. The first kappa shape index (κ1) is 19.5. The number of unbranched alkanes of at least 4 members (excludes halogenated alkanes) is 1. The lowest BCUT2D eigenvalue weighted by Gasteiger charge is -2.21. The van der Waals surface area contributed by atoms with Crippen molar-refractivity contribution < 1.29 is 13.9 Å². The number of ether oxygens (including phenoxy) is 2. The summed E-state index contributed by atoms with van der Waals surface area (Å²) >= 11 is 0. The van der Waals surface area contributed by atoms with E-state index in [0.717, 1.165) is 68.7 Å². The van der Waals surface area contributed by atoms with Crippen LogP contribution in [0.2, 0.25) is 0 Å². The van der Waals surface area contributed by atoms with Crippen molar-refractivity contribution in [1.29, 1.82) is 0 Å². The van der Waals surface area contributed by atoms with Crippen molar-refractivity contribution in [1.82, 2.24) is 5.32 Å². The van der Waals surface area contributed by atoms with Crippen LogP contribution >= 0.6 is 0 Å². The van der Waals surface area contributed by atoms with Gasteiger partial charge in [-0.3, -0.25) is 0 Å². The van der Waals surface area contributed by atoms with Gasteiger partial charge in [0.2, 0.25) is 0 Å². The van der Waals surface area contributed by atoms with Crippen LogP contribution in [0.4, 0.5) is 10.1 Å². The van der Waals surface area contributed by atoms with Crippen LogP contribution in [0.15, 0.2) is 36.4 Å². The van der Waals surface area contributed by atoms with Crippen LogP contribution in [0.25, 0.3) is 0 Å². The Morgan fingerprint density at radius 3 is 2.78 bits per heavy atom. The molecule has 0 amide bonds. The van der Waals surface area contributed by atoms with E-state index in [1.807, 2.05) is 12.1 Å². The number of rotatable bonds is 10. The fraction of sp³-hybridized carbons (Fsp3) is 0.455. The number of hydrogen-bond acceptors (Lipinski definition) is 4. The summed E-state index contributed by atoms with van der Waals surface area (Å²) < 4.78 is 24.7. The van der Waals surface area contributed by atoms with Crippen molar-refractivity contribution in [2.45, 2.75) is 32.1 Å². The molecule has 27 heavy (non-hydrogen) atoms. The van der Waals surface area contributed by atoms with Crippen molar-refractivity contribution in [3.05, 3.63) is 53.3 Å². The molecule has 146 valence electrons. The van der Waals surface area contributed by atoms with Crippen molar-refractivity contribution >= 4 is 5.69 Å². The first-order valence-electron chi connectivity index (χ1n) is 9.79. The van der Waals surface area contributed by atoms with Gasteiger partial charge < -0.3 is 20.1 Å². The van der Waals surface area contributed by atoms with E-state index in [1.165, 1.54) is 11.6 Å². The average molecular weight is 372 g/mol. The molecular formula is C22H29FN2O2. The molecule has 0 spiro atoms. The quantitative estimate of drug-likeness (QED) is 0.614. The zero-order valence-electron chi connectivity index (χ0n) is 16.0. The zero-order chi connectivity index (χ0) is 18.9. The maximum absolute atomic E-state index is 13.7. The first-order valence-corrected chi connectivity index (χ1v) is 9.79. The Bertz CT molecular complexity index is 719. The van der Waals surface area contributed by atoms with Crippen LogP contribution in [0.1, 0.15) is 30.4 Å². The molecule has 0 aliphatic carbocycles. The molecule has 0 aromatic heterocycles. The Balaban J connectivity index is 1.30. The minimum absolute atomic E-state index is 0.223. The highest BCUT2D eigenvalue weighted by molar-refractivity contribution is 5.63. The summed E-state index contributed by atoms with van der Waals surface area (Å²) in [6, 6.07) is 11.3. The predicted octanol–water partition coefficient (Wildman–Crippen LogP) is 4.18. The number of halogens is 1. The van der Waals surface area contributed by atoms with Crippen molar-refractivity contribution in [2.75, 3.05) is 38.7 Å². The van der Waals surface area contributed by atoms with Gasteiger partial charge in [-0.15, -0.1) is 0 Å². The maximum atomic E-state index is 13.7. The number of methoxy groups -OCH3 is 1. The third-order valence-electron chi connectivity index (χ3n) is 4.84. The van der Waals surface area contributed by atoms with E-state index in [0.29, 0.717) is 12.4 Å². The van der Waals surface area contributed by atoms with E-state index in [9.17, 15) is 4.39 Å². The summed E-state index contributed by atoms with van der Waals surface area (Å²) in [6.45, 7) is 3.17. The Kier molecular flexibility index (Phi) is 7.34. The van der Waals surface area contributed by atoms with Gasteiger partial charge in [-0.25, -0.2) is 4.39 Å². The molecule has 2 N–H and O–H groups in total. The van der Waals surface area contributed by atoms with E-state index >= 15 is 0 Å². The van der Waals surface area contributed by atoms with Crippen LogP contribution in [-0.2, 0) is 12.8 Å². The van der Waals surface area contributed by atoms with Gasteiger partial charge in [0, 0.05) is 19.2 Å². The van der Waals surface area contributed by atoms with Crippen LogP contribution < -0.4 is 20.1 Å². The van der Waals surface area contributed by atoms with Gasteiger partial charge >= 0.3 is 0 Å². The SMILES string of the molecule is COc1ccc(CCCCNCCOc2cc(F)cc3c2NCCC3)cc1. The summed E-state index contributed by atoms with van der Waals surface area (Å²) in [5.74, 6) is 1.31. The third-order valence-corrected chi connectivity index (χ3v) is 4.84. The molecule has 4 nitrogen and oxygen atoms in total. The highest BCUT2D eigenvalue weighted by atomic mass is 19.1. The molecule has 0 atom stereocenters. The Morgan fingerprint density at radius 2 is 1.96 bits per heavy atom. The van der Waals surface area contributed by atoms with E-state index in [4.69, 9.17) is 9.47 Å². The molecule has 5 heteroatoms. The number of benzene rings is 2. The van der Waals surface area contributed by atoms with Crippen molar-refractivity contribution in [3.63, 3.8) is 0 Å². The van der Waals surface area contributed by atoms with E-state index in [1.54, 1.807) is 13.2 Å². The van der Waals surface area contributed by atoms with Crippen LogP contribution in [0.5, 0.6) is 11.5 Å². The van der Waals surface area contributed by atoms with Crippen LogP contribution in [-0.4, -0.2) is 33.4 Å². The Hall–Kier alpha value is -2.27. The topological polar surface area (TPSA) is 42.5 Å². The largest absolute Gasteiger partial charge is 0.497 e. The van der Waals surface area contributed by atoms with Crippen LogP contribution in [0.3, 0.4) is 0 Å². The van der Waals surface area contributed by atoms with Gasteiger partial charge in [0.15, 0.2) is 0 Å². The van der Waals surface area contributed by atoms with Crippen LogP contribution in [0, 0.1) is 5.82 Å². The highest BCUT2D eigenvalue weighted by Gasteiger charge is 2.15. The number of nitrogens with one attached hydrogen (secondary N) is 2. The van der Waals surface area contributed by atoms with Crippen molar-refractivity contribution in [2.24, 2.45) is 0 Å². The summed E-state index contributed by atoms with van der Waals surface area (Å²) in [7, 11) is 1.68. The smallest absolute Gasteiger partial charge is 0.145 e. The molecule has 0 fully saturated rings. The number of hydrogen-bond donors (Lipinski definition) is 2. The number of aryl methyl sites for hydroxylation is 2. The van der Waals surface area contributed by atoms with Crippen molar-refractivity contribution in [3.8, 4) is 11.5 Å². The molecule has 0 bridgehead atoms. The molecule has 2 aromatic rings. The molecule has 1 heterocycles. The second-order valence-electron chi connectivity index (χ2n) is 6.87. The zero-order valence-corrected chi connectivity index (χ0v) is 16.0. The summed E-state index contributed by atoms with van der Waals surface area (Å²) in [5, 5.41) is 6.73. The minimum atomic E-state index is -0.223. The fourth-order valence-corrected chi connectivity index (χ4v) is 3.37. The predicted molar refractivity (Wildman–Crippen MR) is 108 cm³/mol. The van der Waals surface area contributed by atoms with E-state index in [-0.39, 0.29) is 5.82 Å². The van der Waals surface area contributed by atoms with Gasteiger partial charge in [0.05, 0.1) is 12.8 Å². The Labute approximate surface area is 161 Å². The van der Waals surface area contributed by atoms with Gasteiger partial charge in [0.25, 0.3) is 0 Å².